The van der Waals surface area contributed by atoms with Gasteiger partial charge in [0.25, 0.3) is 9.04 Å². The van der Waals surface area contributed by atoms with Gasteiger partial charge in [0.05, 0.1) is 23.6 Å². The van der Waals surface area contributed by atoms with Crippen LogP contribution in [0.3, 0.4) is 0 Å². The van der Waals surface area contributed by atoms with Crippen LogP contribution in [-0.4, -0.2) is 25.2 Å². The molecular formula is C16H20N3OSi. The van der Waals surface area contributed by atoms with Gasteiger partial charge in [-0.2, -0.15) is 0 Å². The van der Waals surface area contributed by atoms with Crippen molar-refractivity contribution in [3.8, 4) is 5.75 Å². The summed E-state index contributed by atoms with van der Waals surface area (Å²) < 4.78 is 5.93. The van der Waals surface area contributed by atoms with Crippen LogP contribution < -0.4 is 4.43 Å². The number of aromatic nitrogens is 2. The van der Waals surface area contributed by atoms with Crippen molar-refractivity contribution in [3.63, 3.8) is 0 Å². The van der Waals surface area contributed by atoms with Crippen LogP contribution in [0.15, 0.2) is 41.7 Å². The van der Waals surface area contributed by atoms with Gasteiger partial charge in [0.15, 0.2) is 0 Å². The standard InChI is InChI=1S/C16H20N3OSi/c1-12-9-19-14(10-17-12)11-18-13(2)15-7-5-6-8-16(15)20-21(3)4/h5-11,13H,1-4H3. The summed E-state index contributed by atoms with van der Waals surface area (Å²) in [5.74, 6) is 0.927. The molecule has 1 unspecified atom stereocenters. The fourth-order valence-corrected chi connectivity index (χ4v) is 2.50. The first kappa shape index (κ1) is 15.4. The molecule has 1 aromatic heterocycles. The first-order valence-corrected chi connectivity index (χ1v) is 9.36. The molecule has 2 aromatic rings. The Morgan fingerprint density at radius 2 is 1.95 bits per heavy atom. The SMILES string of the molecule is Cc1cnc(C=NC(C)c2ccccc2O[Si](C)C)cn1. The summed E-state index contributed by atoms with van der Waals surface area (Å²) in [7, 11) is -0.787. The normalized spacial score (nSPS) is 12.8. The molecule has 0 spiro atoms. The minimum atomic E-state index is -0.787. The number of hydrogen-bond donors (Lipinski definition) is 0. The molecule has 0 amide bonds. The third-order valence-electron chi connectivity index (χ3n) is 2.91. The number of aryl methyl sites for hydroxylation is 1. The molecule has 1 atom stereocenters. The van der Waals surface area contributed by atoms with Gasteiger partial charge in [-0.3, -0.25) is 15.0 Å². The first-order chi connectivity index (χ1) is 10.1. The molecule has 4 nitrogen and oxygen atoms in total. The molecule has 5 heteroatoms. The number of aliphatic imine (C=N–C) groups is 1. The van der Waals surface area contributed by atoms with Gasteiger partial charge >= 0.3 is 0 Å². The molecule has 1 aromatic carbocycles. The summed E-state index contributed by atoms with van der Waals surface area (Å²) >= 11 is 0. The zero-order valence-electron chi connectivity index (χ0n) is 12.9. The second-order valence-corrected chi connectivity index (χ2v) is 7.11. The maximum Gasteiger partial charge on any atom is 0.274 e. The highest BCUT2D eigenvalue weighted by Crippen LogP contribution is 2.27. The number of hydrogen-bond acceptors (Lipinski definition) is 4. The van der Waals surface area contributed by atoms with Gasteiger partial charge in [0, 0.05) is 18.0 Å². The summed E-state index contributed by atoms with van der Waals surface area (Å²) in [6, 6.07) is 8.09. The predicted octanol–water partition coefficient (Wildman–Crippen LogP) is 3.60. The van der Waals surface area contributed by atoms with E-state index in [1.165, 1.54) is 0 Å². The van der Waals surface area contributed by atoms with Gasteiger partial charge < -0.3 is 4.43 Å². The second-order valence-electron chi connectivity index (χ2n) is 5.08. The minimum Gasteiger partial charge on any atom is -0.542 e. The Balaban J connectivity index is 2.16. The zero-order chi connectivity index (χ0) is 15.2. The quantitative estimate of drug-likeness (QED) is 0.626. The average molecular weight is 298 g/mol. The lowest BCUT2D eigenvalue weighted by molar-refractivity contribution is 0.564. The van der Waals surface area contributed by atoms with E-state index in [9.17, 15) is 0 Å². The highest BCUT2D eigenvalue weighted by molar-refractivity contribution is 6.49. The molecule has 1 radical (unpaired) electrons. The molecule has 109 valence electrons. The average Bonchev–Trinajstić information content (AvgIpc) is 2.46. The molecule has 0 aliphatic rings. The highest BCUT2D eigenvalue weighted by Gasteiger charge is 2.11. The smallest absolute Gasteiger partial charge is 0.274 e. The van der Waals surface area contributed by atoms with Crippen LogP contribution in [0.25, 0.3) is 0 Å². The molecule has 0 aliphatic heterocycles. The molecule has 2 rings (SSSR count). The van der Waals surface area contributed by atoms with Crippen molar-refractivity contribution < 1.29 is 4.43 Å². The van der Waals surface area contributed by atoms with E-state index in [0.29, 0.717) is 0 Å². The Morgan fingerprint density at radius 3 is 2.62 bits per heavy atom. The van der Waals surface area contributed by atoms with Crippen LogP contribution in [0.1, 0.15) is 29.9 Å². The summed E-state index contributed by atoms with van der Waals surface area (Å²) in [6.07, 6.45) is 5.23. The lowest BCUT2D eigenvalue weighted by Gasteiger charge is -2.15. The van der Waals surface area contributed by atoms with Crippen LogP contribution >= 0.6 is 0 Å². The Morgan fingerprint density at radius 1 is 1.19 bits per heavy atom. The van der Waals surface area contributed by atoms with E-state index < -0.39 is 9.04 Å². The fraction of sp³-hybridized carbons (Fsp3) is 0.312. The molecular weight excluding hydrogens is 278 g/mol. The second kappa shape index (κ2) is 7.13. The Kier molecular flexibility index (Phi) is 5.22. The molecule has 0 aliphatic carbocycles. The largest absolute Gasteiger partial charge is 0.542 e. The summed E-state index contributed by atoms with van der Waals surface area (Å²) in [5, 5.41) is 0. The summed E-state index contributed by atoms with van der Waals surface area (Å²) in [4.78, 5) is 13.1. The van der Waals surface area contributed by atoms with Crippen molar-refractivity contribution in [2.45, 2.75) is 33.0 Å². The van der Waals surface area contributed by atoms with Gasteiger partial charge in [-0.15, -0.1) is 0 Å². The Bertz CT molecular complexity index is 611. The van der Waals surface area contributed by atoms with Crippen LogP contribution in [-0.2, 0) is 0 Å². The number of nitrogens with zero attached hydrogens (tertiary/aromatic N) is 3. The fourth-order valence-electron chi connectivity index (χ4n) is 1.88. The lowest BCUT2D eigenvalue weighted by atomic mass is 10.1. The van der Waals surface area contributed by atoms with Crippen molar-refractivity contribution in [2.24, 2.45) is 4.99 Å². The Labute approximate surface area is 127 Å². The van der Waals surface area contributed by atoms with E-state index in [1.54, 1.807) is 18.6 Å². The third kappa shape index (κ3) is 4.49. The molecule has 0 saturated carbocycles. The molecule has 21 heavy (non-hydrogen) atoms. The minimum absolute atomic E-state index is 0.0191. The van der Waals surface area contributed by atoms with Crippen LogP contribution in [0.5, 0.6) is 5.75 Å². The van der Waals surface area contributed by atoms with Gasteiger partial charge in [-0.1, -0.05) is 18.2 Å². The Hall–Kier alpha value is -2.01. The van der Waals surface area contributed by atoms with Crippen LogP contribution in [0.2, 0.25) is 13.1 Å². The van der Waals surface area contributed by atoms with Gasteiger partial charge in [-0.25, -0.2) is 0 Å². The van der Waals surface area contributed by atoms with Crippen LogP contribution in [0.4, 0.5) is 0 Å². The number of rotatable bonds is 5. The maximum atomic E-state index is 5.93. The number of para-hydroxylation sites is 1. The zero-order valence-corrected chi connectivity index (χ0v) is 13.9. The molecule has 0 fully saturated rings. The topological polar surface area (TPSA) is 47.4 Å². The van der Waals surface area contributed by atoms with E-state index in [4.69, 9.17) is 4.43 Å². The summed E-state index contributed by atoms with van der Waals surface area (Å²) in [6.45, 7) is 8.21. The highest BCUT2D eigenvalue weighted by atomic mass is 28.3. The summed E-state index contributed by atoms with van der Waals surface area (Å²) in [5.41, 5.74) is 2.76. The van der Waals surface area contributed by atoms with E-state index in [2.05, 4.69) is 41.0 Å². The van der Waals surface area contributed by atoms with E-state index in [0.717, 1.165) is 22.7 Å². The lowest BCUT2D eigenvalue weighted by Crippen LogP contribution is -2.13. The van der Waals surface area contributed by atoms with Crippen molar-refractivity contribution in [3.05, 3.63) is 53.6 Å². The molecule has 1 heterocycles. The number of benzene rings is 1. The van der Waals surface area contributed by atoms with E-state index >= 15 is 0 Å². The first-order valence-electron chi connectivity index (χ1n) is 6.95. The van der Waals surface area contributed by atoms with E-state index in [-0.39, 0.29) is 6.04 Å². The third-order valence-corrected chi connectivity index (χ3v) is 3.54. The van der Waals surface area contributed by atoms with E-state index in [1.807, 2.05) is 25.1 Å². The van der Waals surface area contributed by atoms with Crippen molar-refractivity contribution in [2.75, 3.05) is 0 Å². The van der Waals surface area contributed by atoms with Crippen molar-refractivity contribution >= 4 is 15.3 Å². The predicted molar refractivity (Wildman–Crippen MR) is 87.3 cm³/mol. The van der Waals surface area contributed by atoms with Gasteiger partial charge in [0.2, 0.25) is 0 Å². The van der Waals surface area contributed by atoms with Gasteiger partial charge in [0.1, 0.15) is 5.75 Å². The van der Waals surface area contributed by atoms with Crippen molar-refractivity contribution in [1.29, 1.82) is 0 Å². The molecule has 0 saturated heterocycles. The van der Waals surface area contributed by atoms with Crippen LogP contribution in [0, 0.1) is 6.92 Å². The molecule has 0 bridgehead atoms. The monoisotopic (exact) mass is 298 g/mol. The van der Waals surface area contributed by atoms with Gasteiger partial charge in [-0.05, 0) is 33.0 Å². The molecule has 0 N–H and O–H groups in total. The maximum absolute atomic E-state index is 5.93. The van der Waals surface area contributed by atoms with Crippen molar-refractivity contribution in [1.82, 2.24) is 9.97 Å².